The Morgan fingerprint density at radius 2 is 1.83 bits per heavy atom. The van der Waals surface area contributed by atoms with E-state index in [-0.39, 0.29) is 12.0 Å². The standard InChI is InChI=1S/C21H20N6O2.C2HF3O2/c1-25-10-2-3-18(25)21(28)26-11-12-29-19(14-26)20-17-5-4-16(13-27(17)24-23-20)15-6-8-22-9-7-15;3-2(4,5)1(6)7/h2-10,13,19H,11-12,14H2,1H3;(H,6,7). The lowest BCUT2D eigenvalue weighted by Crippen LogP contribution is -2.43. The number of carboxylic acid groups (broad SMARTS) is 1. The zero-order valence-electron chi connectivity index (χ0n) is 19.0. The highest BCUT2D eigenvalue weighted by Gasteiger charge is 2.38. The molecular formula is C23H21F3N6O4. The number of morpholine rings is 1. The van der Waals surface area contributed by atoms with E-state index >= 15 is 0 Å². The molecule has 1 fully saturated rings. The Bertz CT molecular complexity index is 1370. The van der Waals surface area contributed by atoms with Crippen LogP contribution in [-0.4, -0.2) is 72.1 Å². The molecule has 0 spiro atoms. The van der Waals surface area contributed by atoms with Gasteiger partial charge in [-0.1, -0.05) is 11.3 Å². The first-order valence-electron chi connectivity index (χ1n) is 10.7. The Kier molecular flexibility index (Phi) is 7.01. The largest absolute Gasteiger partial charge is 0.490 e. The smallest absolute Gasteiger partial charge is 0.475 e. The highest BCUT2D eigenvalue weighted by Crippen LogP contribution is 2.27. The summed E-state index contributed by atoms with van der Waals surface area (Å²) in [6.07, 6.45) is 1.95. The van der Waals surface area contributed by atoms with Gasteiger partial charge < -0.3 is 19.3 Å². The molecule has 1 N–H and O–H groups in total. The highest BCUT2D eigenvalue weighted by molar-refractivity contribution is 5.92. The average Bonchev–Trinajstić information content (AvgIpc) is 3.49. The van der Waals surface area contributed by atoms with Gasteiger partial charge in [-0.25, -0.2) is 9.31 Å². The summed E-state index contributed by atoms with van der Waals surface area (Å²) in [6.45, 7) is 1.48. The van der Waals surface area contributed by atoms with Crippen molar-refractivity contribution >= 4 is 17.4 Å². The van der Waals surface area contributed by atoms with Crippen LogP contribution < -0.4 is 0 Å². The predicted molar refractivity (Wildman–Crippen MR) is 120 cm³/mol. The normalized spacial score (nSPS) is 15.9. The molecule has 0 radical (unpaired) electrons. The fourth-order valence-corrected chi connectivity index (χ4v) is 3.70. The van der Waals surface area contributed by atoms with Crippen molar-refractivity contribution in [2.75, 3.05) is 19.7 Å². The van der Waals surface area contributed by atoms with Crippen LogP contribution in [-0.2, 0) is 16.6 Å². The Morgan fingerprint density at radius 1 is 1.11 bits per heavy atom. The summed E-state index contributed by atoms with van der Waals surface area (Å²) in [4.78, 5) is 27.6. The third-order valence-corrected chi connectivity index (χ3v) is 5.52. The number of carboxylic acids is 1. The first kappa shape index (κ1) is 24.9. The van der Waals surface area contributed by atoms with Gasteiger partial charge in [0.05, 0.1) is 18.7 Å². The lowest BCUT2D eigenvalue weighted by molar-refractivity contribution is -0.192. The number of nitrogens with zero attached hydrogens (tertiary/aromatic N) is 6. The number of ether oxygens (including phenoxy) is 1. The molecule has 1 aliphatic rings. The van der Waals surface area contributed by atoms with E-state index in [1.54, 1.807) is 16.9 Å². The van der Waals surface area contributed by atoms with Gasteiger partial charge in [-0.15, -0.1) is 5.10 Å². The third kappa shape index (κ3) is 5.35. The maximum atomic E-state index is 12.9. The molecule has 188 valence electrons. The number of amides is 1. The minimum Gasteiger partial charge on any atom is -0.475 e. The first-order valence-corrected chi connectivity index (χ1v) is 10.7. The highest BCUT2D eigenvalue weighted by atomic mass is 19.4. The van der Waals surface area contributed by atoms with E-state index in [0.717, 1.165) is 22.3 Å². The minimum absolute atomic E-state index is 0.00208. The van der Waals surface area contributed by atoms with E-state index in [1.165, 1.54) is 0 Å². The zero-order chi connectivity index (χ0) is 25.9. The number of pyridine rings is 2. The number of aliphatic carboxylic acids is 1. The quantitative estimate of drug-likeness (QED) is 0.458. The van der Waals surface area contributed by atoms with Crippen LogP contribution >= 0.6 is 0 Å². The van der Waals surface area contributed by atoms with E-state index in [9.17, 15) is 18.0 Å². The number of halogens is 3. The van der Waals surface area contributed by atoms with Crippen molar-refractivity contribution in [2.45, 2.75) is 12.3 Å². The Balaban J connectivity index is 0.000000384. The molecule has 0 aromatic carbocycles. The van der Waals surface area contributed by atoms with Crippen LogP contribution in [0.2, 0.25) is 0 Å². The van der Waals surface area contributed by atoms with Crippen molar-refractivity contribution in [2.24, 2.45) is 7.05 Å². The third-order valence-electron chi connectivity index (χ3n) is 5.52. The second-order valence-electron chi connectivity index (χ2n) is 7.88. The number of fused-ring (bicyclic) bond motifs is 1. The van der Waals surface area contributed by atoms with E-state index in [0.29, 0.717) is 25.4 Å². The molecule has 1 unspecified atom stereocenters. The summed E-state index contributed by atoms with van der Waals surface area (Å²) in [5, 5.41) is 15.8. The van der Waals surface area contributed by atoms with Crippen LogP contribution in [0, 0.1) is 0 Å². The fourth-order valence-electron chi connectivity index (χ4n) is 3.70. The molecule has 4 aromatic rings. The van der Waals surface area contributed by atoms with Crippen LogP contribution in [0.25, 0.3) is 16.6 Å². The summed E-state index contributed by atoms with van der Waals surface area (Å²) in [6, 6.07) is 11.6. The average molecular weight is 502 g/mol. The second kappa shape index (κ2) is 10.2. The molecular weight excluding hydrogens is 481 g/mol. The van der Waals surface area contributed by atoms with Gasteiger partial charge in [-0.2, -0.15) is 13.2 Å². The van der Waals surface area contributed by atoms with Crippen LogP contribution in [0.15, 0.2) is 61.2 Å². The lowest BCUT2D eigenvalue weighted by atomic mass is 10.1. The van der Waals surface area contributed by atoms with Gasteiger partial charge in [0, 0.05) is 43.9 Å². The van der Waals surface area contributed by atoms with Crippen molar-refractivity contribution in [1.29, 1.82) is 0 Å². The molecule has 1 saturated heterocycles. The maximum Gasteiger partial charge on any atom is 0.490 e. The molecule has 1 atom stereocenters. The number of hydrogen-bond acceptors (Lipinski definition) is 6. The van der Waals surface area contributed by atoms with E-state index in [1.807, 2.05) is 65.3 Å². The van der Waals surface area contributed by atoms with Gasteiger partial charge in [-0.05, 0) is 35.9 Å². The van der Waals surface area contributed by atoms with E-state index in [4.69, 9.17) is 14.6 Å². The SMILES string of the molecule is Cn1cccc1C(=O)N1CCOC(c2nnn3cc(-c4ccncc4)ccc23)C1.O=C(O)C(F)(F)F. The molecule has 10 nitrogen and oxygen atoms in total. The number of aromatic nitrogens is 5. The molecule has 4 aromatic heterocycles. The van der Waals surface area contributed by atoms with Crippen LogP contribution in [0.4, 0.5) is 13.2 Å². The first-order chi connectivity index (χ1) is 17.1. The summed E-state index contributed by atoms with van der Waals surface area (Å²) in [5.74, 6) is -2.75. The summed E-state index contributed by atoms with van der Waals surface area (Å²) in [7, 11) is 1.87. The van der Waals surface area contributed by atoms with Gasteiger partial charge in [0.1, 0.15) is 17.5 Å². The van der Waals surface area contributed by atoms with Gasteiger partial charge in [0.2, 0.25) is 0 Å². The van der Waals surface area contributed by atoms with Crippen molar-refractivity contribution in [3.63, 3.8) is 0 Å². The van der Waals surface area contributed by atoms with Crippen LogP contribution in [0.3, 0.4) is 0 Å². The molecule has 13 heteroatoms. The van der Waals surface area contributed by atoms with Crippen LogP contribution in [0.1, 0.15) is 22.3 Å². The van der Waals surface area contributed by atoms with Gasteiger partial charge in [0.15, 0.2) is 0 Å². The summed E-state index contributed by atoms with van der Waals surface area (Å²) < 4.78 is 41.3. The molecule has 1 aliphatic heterocycles. The molecule has 5 heterocycles. The van der Waals surface area contributed by atoms with Crippen molar-refractivity contribution in [3.8, 4) is 11.1 Å². The summed E-state index contributed by atoms with van der Waals surface area (Å²) in [5.41, 5.74) is 4.38. The zero-order valence-corrected chi connectivity index (χ0v) is 19.0. The Morgan fingerprint density at radius 3 is 2.47 bits per heavy atom. The molecule has 0 aliphatic carbocycles. The molecule has 36 heavy (non-hydrogen) atoms. The molecule has 1 amide bonds. The molecule has 0 bridgehead atoms. The van der Waals surface area contributed by atoms with Gasteiger partial charge in [-0.3, -0.25) is 9.78 Å². The minimum atomic E-state index is -5.08. The monoisotopic (exact) mass is 502 g/mol. The summed E-state index contributed by atoms with van der Waals surface area (Å²) >= 11 is 0. The number of carbonyl (C=O) groups is 2. The number of hydrogen-bond donors (Lipinski definition) is 1. The number of aryl methyl sites for hydroxylation is 1. The molecule has 5 rings (SSSR count). The fraction of sp³-hybridized carbons (Fsp3) is 0.261. The topological polar surface area (TPSA) is 115 Å². The van der Waals surface area contributed by atoms with Crippen molar-refractivity contribution in [3.05, 3.63) is 72.6 Å². The predicted octanol–water partition coefficient (Wildman–Crippen LogP) is 2.98. The number of alkyl halides is 3. The number of rotatable bonds is 3. The lowest BCUT2D eigenvalue weighted by Gasteiger charge is -2.32. The van der Waals surface area contributed by atoms with E-state index < -0.39 is 12.1 Å². The Hall–Kier alpha value is -4.26. The van der Waals surface area contributed by atoms with Gasteiger partial charge in [0.25, 0.3) is 5.91 Å². The van der Waals surface area contributed by atoms with Crippen LogP contribution in [0.5, 0.6) is 0 Å². The Labute approximate surface area is 202 Å². The van der Waals surface area contributed by atoms with Crippen molar-refractivity contribution < 1.29 is 32.6 Å². The second-order valence-corrected chi connectivity index (χ2v) is 7.88. The van der Waals surface area contributed by atoms with Crippen molar-refractivity contribution in [1.82, 2.24) is 29.3 Å². The maximum absolute atomic E-state index is 12.9. The van der Waals surface area contributed by atoms with E-state index in [2.05, 4.69) is 15.3 Å². The number of carbonyl (C=O) groups excluding carboxylic acids is 1. The molecule has 0 saturated carbocycles. The van der Waals surface area contributed by atoms with Gasteiger partial charge >= 0.3 is 12.1 Å².